The van der Waals surface area contributed by atoms with Gasteiger partial charge in [-0.05, 0) is 50.5 Å². The van der Waals surface area contributed by atoms with Crippen molar-refractivity contribution in [2.45, 2.75) is 0 Å². The molecular weight excluding hydrogens is 398 g/mol. The van der Waals surface area contributed by atoms with Gasteiger partial charge in [0.25, 0.3) is 0 Å². The molecule has 0 saturated carbocycles. The molecule has 0 saturated heterocycles. The molecule has 5 aromatic rings. The molecule has 0 unspecified atom stereocenters. The van der Waals surface area contributed by atoms with Crippen molar-refractivity contribution in [2.75, 3.05) is 5.32 Å². The molecule has 0 aliphatic rings. The summed E-state index contributed by atoms with van der Waals surface area (Å²) in [5.74, 6) is -1.61. The summed E-state index contributed by atoms with van der Waals surface area (Å²) in [4.78, 5) is 24.6. The van der Waals surface area contributed by atoms with Gasteiger partial charge in [-0.1, -0.05) is 78.9 Å². The second-order valence-corrected chi connectivity index (χ2v) is 7.45. The van der Waals surface area contributed by atoms with Crippen molar-refractivity contribution in [1.29, 1.82) is 0 Å². The van der Waals surface area contributed by atoms with Crippen LogP contribution in [0.5, 0.6) is 0 Å². The lowest BCUT2D eigenvalue weighted by Gasteiger charge is -2.08. The SMILES string of the molecule is O=C(NN=Cc1c2ccccc2cc2ccccc12)C(=O)Nc1ccc2ccccc2c1. The van der Waals surface area contributed by atoms with Gasteiger partial charge < -0.3 is 5.32 Å². The van der Waals surface area contributed by atoms with Gasteiger partial charge in [0.2, 0.25) is 0 Å². The lowest BCUT2D eigenvalue weighted by Crippen LogP contribution is -2.32. The first kappa shape index (κ1) is 19.5. The zero-order valence-corrected chi connectivity index (χ0v) is 17.1. The minimum atomic E-state index is -0.834. The molecule has 0 aromatic heterocycles. The van der Waals surface area contributed by atoms with Crippen molar-refractivity contribution >= 4 is 56.0 Å². The molecule has 0 atom stereocenters. The first-order valence-corrected chi connectivity index (χ1v) is 10.2. The molecule has 0 heterocycles. The molecule has 5 aromatic carbocycles. The van der Waals surface area contributed by atoms with Crippen molar-refractivity contribution in [3.05, 3.63) is 103 Å². The highest BCUT2D eigenvalue weighted by Crippen LogP contribution is 2.27. The zero-order valence-electron chi connectivity index (χ0n) is 17.1. The van der Waals surface area contributed by atoms with E-state index in [1.165, 1.54) is 0 Å². The Balaban J connectivity index is 1.35. The maximum Gasteiger partial charge on any atom is 0.329 e. The van der Waals surface area contributed by atoms with Crippen molar-refractivity contribution in [3.8, 4) is 0 Å². The summed E-state index contributed by atoms with van der Waals surface area (Å²) < 4.78 is 0. The van der Waals surface area contributed by atoms with Crippen molar-refractivity contribution in [1.82, 2.24) is 5.43 Å². The zero-order chi connectivity index (χ0) is 21.9. The van der Waals surface area contributed by atoms with Crippen LogP contribution in [0.3, 0.4) is 0 Å². The predicted molar refractivity (Wildman–Crippen MR) is 130 cm³/mol. The van der Waals surface area contributed by atoms with Crippen LogP contribution >= 0.6 is 0 Å². The summed E-state index contributed by atoms with van der Waals surface area (Å²) in [6, 6.07) is 31.4. The number of nitrogens with one attached hydrogen (secondary N) is 2. The van der Waals surface area contributed by atoms with Crippen LogP contribution in [-0.4, -0.2) is 18.0 Å². The molecule has 0 aliphatic heterocycles. The topological polar surface area (TPSA) is 70.6 Å². The molecule has 0 fully saturated rings. The van der Waals surface area contributed by atoms with E-state index >= 15 is 0 Å². The highest BCUT2D eigenvalue weighted by Gasteiger charge is 2.13. The molecule has 5 nitrogen and oxygen atoms in total. The van der Waals surface area contributed by atoms with Crippen LogP contribution in [0.25, 0.3) is 32.3 Å². The average Bonchev–Trinajstić information content (AvgIpc) is 2.83. The van der Waals surface area contributed by atoms with Gasteiger partial charge in [0.05, 0.1) is 6.21 Å². The Morgan fingerprint density at radius 1 is 0.625 bits per heavy atom. The third kappa shape index (κ3) is 3.79. The third-order valence-corrected chi connectivity index (χ3v) is 5.39. The lowest BCUT2D eigenvalue weighted by atomic mass is 9.97. The molecule has 2 amide bonds. The standard InChI is InChI=1S/C27H19N3O2/c31-26(29-22-14-13-18-7-1-2-8-19(18)16-22)27(32)30-28-17-25-23-11-5-3-9-20(23)15-21-10-4-6-12-24(21)25/h1-17H,(H,29,31)(H,30,32). The quantitative estimate of drug-likeness (QED) is 0.183. The van der Waals surface area contributed by atoms with E-state index < -0.39 is 11.8 Å². The molecule has 5 rings (SSSR count). The minimum Gasteiger partial charge on any atom is -0.318 e. The van der Waals surface area contributed by atoms with E-state index in [0.29, 0.717) is 5.69 Å². The maximum absolute atomic E-state index is 12.3. The van der Waals surface area contributed by atoms with Gasteiger partial charge in [-0.25, -0.2) is 5.43 Å². The van der Waals surface area contributed by atoms with E-state index in [2.05, 4.69) is 21.9 Å². The van der Waals surface area contributed by atoms with Crippen LogP contribution in [0.4, 0.5) is 5.69 Å². The van der Waals surface area contributed by atoms with E-state index in [9.17, 15) is 9.59 Å². The molecular formula is C27H19N3O2. The van der Waals surface area contributed by atoms with Crippen LogP contribution < -0.4 is 10.7 Å². The number of benzene rings is 5. The van der Waals surface area contributed by atoms with Crippen molar-refractivity contribution in [2.24, 2.45) is 5.10 Å². The summed E-state index contributed by atoms with van der Waals surface area (Å²) in [5.41, 5.74) is 3.77. The van der Waals surface area contributed by atoms with Gasteiger partial charge in [-0.15, -0.1) is 0 Å². The fraction of sp³-hybridized carbons (Fsp3) is 0. The first-order valence-electron chi connectivity index (χ1n) is 10.2. The first-order chi connectivity index (χ1) is 15.7. The van der Waals surface area contributed by atoms with Gasteiger partial charge in [0.15, 0.2) is 0 Å². The summed E-state index contributed by atoms with van der Waals surface area (Å²) in [7, 11) is 0. The van der Waals surface area contributed by atoms with Gasteiger partial charge in [-0.3, -0.25) is 9.59 Å². The minimum absolute atomic E-state index is 0.549. The summed E-state index contributed by atoms with van der Waals surface area (Å²) >= 11 is 0. The number of fused-ring (bicyclic) bond motifs is 3. The second kappa shape index (κ2) is 8.32. The normalized spacial score (nSPS) is 11.2. The number of amides is 2. The molecule has 0 bridgehead atoms. The second-order valence-electron chi connectivity index (χ2n) is 7.45. The van der Waals surface area contributed by atoms with Crippen LogP contribution in [0.2, 0.25) is 0 Å². The third-order valence-electron chi connectivity index (χ3n) is 5.39. The molecule has 2 N–H and O–H groups in total. The maximum atomic E-state index is 12.3. The Bertz CT molecular complexity index is 1470. The van der Waals surface area contributed by atoms with E-state index in [1.807, 2.05) is 84.9 Å². The number of rotatable bonds is 3. The highest BCUT2D eigenvalue weighted by molar-refractivity contribution is 6.39. The summed E-state index contributed by atoms with van der Waals surface area (Å²) in [6.45, 7) is 0. The van der Waals surface area contributed by atoms with E-state index in [-0.39, 0.29) is 0 Å². The molecule has 0 radical (unpaired) electrons. The Labute approximate surface area is 184 Å². The van der Waals surface area contributed by atoms with Crippen LogP contribution in [0.15, 0.2) is 102 Å². The van der Waals surface area contributed by atoms with Gasteiger partial charge >= 0.3 is 11.8 Å². The molecule has 0 spiro atoms. The number of anilines is 1. The van der Waals surface area contributed by atoms with Crippen LogP contribution in [0, 0.1) is 0 Å². The largest absolute Gasteiger partial charge is 0.329 e. The van der Waals surface area contributed by atoms with Crippen LogP contribution in [0.1, 0.15) is 5.56 Å². The average molecular weight is 417 g/mol. The van der Waals surface area contributed by atoms with E-state index in [4.69, 9.17) is 0 Å². The van der Waals surface area contributed by atoms with Crippen molar-refractivity contribution in [3.63, 3.8) is 0 Å². The number of carbonyl (C=O) groups is 2. The number of carbonyl (C=O) groups excluding carboxylic acids is 2. The summed E-state index contributed by atoms with van der Waals surface area (Å²) in [6.07, 6.45) is 1.59. The highest BCUT2D eigenvalue weighted by atomic mass is 16.2. The number of hydrogen-bond acceptors (Lipinski definition) is 3. The van der Waals surface area contributed by atoms with Gasteiger partial charge in [0.1, 0.15) is 0 Å². The molecule has 5 heteroatoms. The number of nitrogens with zero attached hydrogens (tertiary/aromatic N) is 1. The van der Waals surface area contributed by atoms with E-state index in [0.717, 1.165) is 37.9 Å². The van der Waals surface area contributed by atoms with E-state index in [1.54, 1.807) is 12.3 Å². The molecule has 0 aliphatic carbocycles. The Kier molecular flexibility index (Phi) is 5.06. The Hall–Kier alpha value is -4.51. The lowest BCUT2D eigenvalue weighted by molar-refractivity contribution is -0.136. The fourth-order valence-corrected chi connectivity index (χ4v) is 3.85. The Morgan fingerprint density at radius 2 is 1.22 bits per heavy atom. The fourth-order valence-electron chi connectivity index (χ4n) is 3.85. The summed E-state index contributed by atoms with van der Waals surface area (Å²) in [5, 5.41) is 12.9. The molecule has 32 heavy (non-hydrogen) atoms. The monoisotopic (exact) mass is 417 g/mol. The molecule has 154 valence electrons. The predicted octanol–water partition coefficient (Wildman–Crippen LogP) is 5.24. The van der Waals surface area contributed by atoms with Crippen LogP contribution in [-0.2, 0) is 9.59 Å². The smallest absolute Gasteiger partial charge is 0.318 e. The Morgan fingerprint density at radius 3 is 1.91 bits per heavy atom. The number of hydrazone groups is 1. The van der Waals surface area contributed by atoms with Gasteiger partial charge in [-0.2, -0.15) is 5.10 Å². The number of hydrogen-bond donors (Lipinski definition) is 2. The van der Waals surface area contributed by atoms with Gasteiger partial charge in [0, 0.05) is 11.3 Å². The van der Waals surface area contributed by atoms with Crippen molar-refractivity contribution < 1.29 is 9.59 Å².